The first-order valence-corrected chi connectivity index (χ1v) is 7.96. The topological polar surface area (TPSA) is 72.2 Å². The minimum absolute atomic E-state index is 0.0559. The van der Waals surface area contributed by atoms with Gasteiger partial charge in [0.25, 0.3) is 0 Å². The summed E-state index contributed by atoms with van der Waals surface area (Å²) in [6, 6.07) is 0.363. The van der Waals surface area contributed by atoms with Gasteiger partial charge < -0.3 is 11.1 Å². The Bertz CT molecular complexity index is 263. The van der Waals surface area contributed by atoms with E-state index >= 15 is 0 Å². The van der Waals surface area contributed by atoms with Gasteiger partial charge in [0.05, 0.1) is 0 Å². The van der Waals surface area contributed by atoms with Gasteiger partial charge in [0.1, 0.15) is 5.75 Å². The quantitative estimate of drug-likeness (QED) is 0.746. The molecule has 3 N–H and O–H groups in total. The zero-order valence-electron chi connectivity index (χ0n) is 10.6. The predicted molar refractivity (Wildman–Crippen MR) is 71.2 cm³/mol. The van der Waals surface area contributed by atoms with Crippen molar-refractivity contribution < 1.29 is 9.00 Å². The SMILES string of the molecule is CC(N)CCS(=O)CC(=O)NC1CCCCC1. The standard InChI is InChI=1S/C12H24N2O2S/c1-10(13)7-8-17(16)9-12(15)14-11-5-3-2-4-6-11/h10-11H,2-9,13H2,1H3,(H,14,15). The maximum absolute atomic E-state index is 11.6. The number of nitrogens with two attached hydrogens (primary N) is 1. The molecule has 17 heavy (non-hydrogen) atoms. The fourth-order valence-electron chi connectivity index (χ4n) is 2.05. The Morgan fingerprint density at radius 1 is 1.41 bits per heavy atom. The summed E-state index contributed by atoms with van der Waals surface area (Å²) in [5, 5.41) is 2.97. The second-order valence-electron chi connectivity index (χ2n) is 4.96. The van der Waals surface area contributed by atoms with E-state index in [0.717, 1.165) is 12.8 Å². The van der Waals surface area contributed by atoms with Gasteiger partial charge in [-0.05, 0) is 26.2 Å². The van der Waals surface area contributed by atoms with E-state index in [1.54, 1.807) is 0 Å². The molecular formula is C12H24N2O2S. The van der Waals surface area contributed by atoms with E-state index in [0.29, 0.717) is 18.2 Å². The second-order valence-corrected chi connectivity index (χ2v) is 6.53. The van der Waals surface area contributed by atoms with Crippen LogP contribution in [-0.4, -0.2) is 33.7 Å². The molecular weight excluding hydrogens is 236 g/mol. The van der Waals surface area contributed by atoms with Crippen molar-refractivity contribution in [2.75, 3.05) is 11.5 Å². The van der Waals surface area contributed by atoms with E-state index in [-0.39, 0.29) is 17.7 Å². The molecule has 1 aliphatic rings. The summed E-state index contributed by atoms with van der Waals surface area (Å²) in [5.41, 5.74) is 5.59. The van der Waals surface area contributed by atoms with Crippen molar-refractivity contribution in [1.29, 1.82) is 0 Å². The lowest BCUT2D eigenvalue weighted by Gasteiger charge is -2.22. The van der Waals surface area contributed by atoms with Gasteiger partial charge in [0.2, 0.25) is 5.91 Å². The molecule has 0 bridgehead atoms. The third-order valence-electron chi connectivity index (χ3n) is 3.06. The van der Waals surface area contributed by atoms with E-state index in [1.807, 2.05) is 6.92 Å². The van der Waals surface area contributed by atoms with Crippen molar-refractivity contribution in [3.8, 4) is 0 Å². The molecule has 5 heteroatoms. The van der Waals surface area contributed by atoms with Crippen molar-refractivity contribution in [2.24, 2.45) is 5.73 Å². The molecule has 0 aliphatic heterocycles. The summed E-state index contributed by atoms with van der Waals surface area (Å²) in [6.45, 7) is 1.89. The Morgan fingerprint density at radius 3 is 2.65 bits per heavy atom. The minimum atomic E-state index is -1.07. The van der Waals surface area contributed by atoms with E-state index in [4.69, 9.17) is 5.73 Å². The van der Waals surface area contributed by atoms with Gasteiger partial charge in [0.15, 0.2) is 0 Å². The summed E-state index contributed by atoms with van der Waals surface area (Å²) >= 11 is 0. The highest BCUT2D eigenvalue weighted by Crippen LogP contribution is 2.17. The van der Waals surface area contributed by atoms with Crippen LogP contribution in [0.15, 0.2) is 0 Å². The monoisotopic (exact) mass is 260 g/mol. The molecule has 0 aromatic carbocycles. The molecule has 0 radical (unpaired) electrons. The average Bonchev–Trinajstić information content (AvgIpc) is 2.27. The molecule has 0 saturated heterocycles. The summed E-state index contributed by atoms with van der Waals surface area (Å²) in [4.78, 5) is 11.6. The summed E-state index contributed by atoms with van der Waals surface area (Å²) in [7, 11) is -1.07. The molecule has 0 aromatic heterocycles. The summed E-state index contributed by atoms with van der Waals surface area (Å²) < 4.78 is 11.6. The normalized spacial score (nSPS) is 20.8. The number of amides is 1. The van der Waals surface area contributed by atoms with Gasteiger partial charge in [-0.15, -0.1) is 0 Å². The molecule has 2 atom stereocenters. The number of carbonyl (C=O) groups excluding carboxylic acids is 1. The molecule has 1 aliphatic carbocycles. The number of hydrogen-bond donors (Lipinski definition) is 2. The Hall–Kier alpha value is -0.420. The lowest BCUT2D eigenvalue weighted by atomic mass is 9.95. The summed E-state index contributed by atoms with van der Waals surface area (Å²) in [5.74, 6) is 0.582. The van der Waals surface area contributed by atoms with Crippen LogP contribution in [-0.2, 0) is 15.6 Å². The van der Waals surface area contributed by atoms with E-state index in [1.165, 1.54) is 19.3 Å². The first kappa shape index (κ1) is 14.6. The Morgan fingerprint density at radius 2 is 2.06 bits per heavy atom. The fourth-order valence-corrected chi connectivity index (χ4v) is 3.21. The maximum Gasteiger partial charge on any atom is 0.232 e. The van der Waals surface area contributed by atoms with E-state index in [2.05, 4.69) is 5.32 Å². The van der Waals surface area contributed by atoms with Crippen LogP contribution in [0, 0.1) is 0 Å². The molecule has 0 heterocycles. The molecule has 0 aromatic rings. The maximum atomic E-state index is 11.6. The highest BCUT2D eigenvalue weighted by molar-refractivity contribution is 7.85. The van der Waals surface area contributed by atoms with Gasteiger partial charge in [0, 0.05) is 28.6 Å². The third kappa shape index (κ3) is 6.78. The zero-order valence-corrected chi connectivity index (χ0v) is 11.4. The minimum Gasteiger partial charge on any atom is -0.353 e. The first-order chi connectivity index (χ1) is 8.08. The molecule has 2 unspecified atom stereocenters. The highest BCUT2D eigenvalue weighted by atomic mass is 32.2. The van der Waals surface area contributed by atoms with Crippen LogP contribution in [0.5, 0.6) is 0 Å². The van der Waals surface area contributed by atoms with Crippen LogP contribution < -0.4 is 11.1 Å². The van der Waals surface area contributed by atoms with Gasteiger partial charge >= 0.3 is 0 Å². The van der Waals surface area contributed by atoms with Crippen molar-refractivity contribution >= 4 is 16.7 Å². The van der Waals surface area contributed by atoms with Gasteiger partial charge in [-0.2, -0.15) is 0 Å². The van der Waals surface area contributed by atoms with Crippen molar-refractivity contribution in [3.05, 3.63) is 0 Å². The van der Waals surface area contributed by atoms with Gasteiger partial charge in [-0.25, -0.2) is 0 Å². The number of carbonyl (C=O) groups is 1. The Kier molecular flexibility index (Phi) is 6.73. The largest absolute Gasteiger partial charge is 0.353 e. The Balaban J connectivity index is 2.17. The van der Waals surface area contributed by atoms with Gasteiger partial charge in [-0.3, -0.25) is 9.00 Å². The van der Waals surface area contributed by atoms with E-state index < -0.39 is 10.8 Å². The smallest absolute Gasteiger partial charge is 0.232 e. The first-order valence-electron chi connectivity index (χ1n) is 6.48. The van der Waals surface area contributed by atoms with Crippen LogP contribution in [0.3, 0.4) is 0 Å². The molecule has 1 fully saturated rings. The molecule has 1 rings (SSSR count). The number of nitrogens with one attached hydrogen (secondary N) is 1. The second kappa shape index (κ2) is 7.82. The van der Waals surface area contributed by atoms with Crippen LogP contribution in [0.4, 0.5) is 0 Å². The predicted octanol–water partition coefficient (Wildman–Crippen LogP) is 0.921. The van der Waals surface area contributed by atoms with Crippen LogP contribution in [0.1, 0.15) is 45.4 Å². The molecule has 100 valence electrons. The van der Waals surface area contributed by atoms with Crippen molar-refractivity contribution in [2.45, 2.75) is 57.5 Å². The molecule has 1 amide bonds. The van der Waals surface area contributed by atoms with Crippen LogP contribution >= 0.6 is 0 Å². The van der Waals surface area contributed by atoms with E-state index in [9.17, 15) is 9.00 Å². The number of rotatable bonds is 6. The third-order valence-corrected chi connectivity index (χ3v) is 4.34. The summed E-state index contributed by atoms with van der Waals surface area (Å²) in [6.07, 6.45) is 6.50. The molecule has 4 nitrogen and oxygen atoms in total. The lowest BCUT2D eigenvalue weighted by Crippen LogP contribution is -2.39. The molecule has 0 spiro atoms. The van der Waals surface area contributed by atoms with Crippen LogP contribution in [0.2, 0.25) is 0 Å². The fraction of sp³-hybridized carbons (Fsp3) is 0.917. The van der Waals surface area contributed by atoms with Crippen LogP contribution in [0.25, 0.3) is 0 Å². The highest BCUT2D eigenvalue weighted by Gasteiger charge is 2.16. The Labute approximate surface area is 106 Å². The lowest BCUT2D eigenvalue weighted by molar-refractivity contribution is -0.119. The van der Waals surface area contributed by atoms with Crippen molar-refractivity contribution in [1.82, 2.24) is 5.32 Å². The van der Waals surface area contributed by atoms with Gasteiger partial charge in [-0.1, -0.05) is 19.3 Å². The number of hydrogen-bond acceptors (Lipinski definition) is 3. The molecule has 1 saturated carbocycles. The van der Waals surface area contributed by atoms with Crippen molar-refractivity contribution in [3.63, 3.8) is 0 Å². The average molecular weight is 260 g/mol. The zero-order chi connectivity index (χ0) is 12.7.